The van der Waals surface area contributed by atoms with Crippen LogP contribution in [0.15, 0.2) is 24.4 Å². The van der Waals surface area contributed by atoms with Gasteiger partial charge in [0.15, 0.2) is 0 Å². The van der Waals surface area contributed by atoms with Crippen LogP contribution in [0.3, 0.4) is 0 Å². The van der Waals surface area contributed by atoms with Crippen molar-refractivity contribution in [2.24, 2.45) is 5.73 Å². The van der Waals surface area contributed by atoms with Crippen molar-refractivity contribution in [1.82, 2.24) is 9.88 Å². The number of rotatable bonds is 6. The van der Waals surface area contributed by atoms with Crippen molar-refractivity contribution in [2.75, 3.05) is 0 Å². The van der Waals surface area contributed by atoms with E-state index in [1.54, 1.807) is 0 Å². The number of nitrogens with two attached hydrogens (primary N) is 1. The van der Waals surface area contributed by atoms with Gasteiger partial charge in [-0.2, -0.15) is 0 Å². The molecule has 0 atom stereocenters. The molecule has 1 fully saturated rings. The molecule has 0 unspecified atom stereocenters. The third kappa shape index (κ3) is 2.97. The number of primary amides is 1. The van der Waals surface area contributed by atoms with Crippen LogP contribution in [0.5, 0.6) is 0 Å². The van der Waals surface area contributed by atoms with Gasteiger partial charge in [-0.15, -0.1) is 0 Å². The lowest BCUT2D eigenvalue weighted by Crippen LogP contribution is -2.15. The van der Waals surface area contributed by atoms with Crippen molar-refractivity contribution < 1.29 is 4.79 Å². The van der Waals surface area contributed by atoms with Gasteiger partial charge in [0, 0.05) is 47.7 Å². The fourth-order valence-corrected chi connectivity index (χ4v) is 2.61. The zero-order chi connectivity index (χ0) is 14.1. The number of carbonyl (C=O) groups excluding carboxylic acids is 1. The normalized spacial score (nSPS) is 14.8. The monoisotopic (exact) mass is 291 g/mol. The number of aromatic nitrogens is 1. The highest BCUT2D eigenvalue weighted by Gasteiger charge is 2.21. The minimum absolute atomic E-state index is 0.286. The Morgan fingerprint density at radius 3 is 2.95 bits per heavy atom. The number of amides is 1. The second-order valence-corrected chi connectivity index (χ2v) is 5.82. The molecule has 1 aromatic heterocycles. The molecule has 20 heavy (non-hydrogen) atoms. The van der Waals surface area contributed by atoms with Crippen LogP contribution in [0.25, 0.3) is 10.9 Å². The first-order valence-corrected chi connectivity index (χ1v) is 7.30. The molecule has 1 heterocycles. The molecule has 0 saturated heterocycles. The summed E-state index contributed by atoms with van der Waals surface area (Å²) >= 11 is 6.08. The first-order chi connectivity index (χ1) is 9.63. The first kappa shape index (κ1) is 13.5. The quantitative estimate of drug-likeness (QED) is 0.859. The smallest absolute Gasteiger partial charge is 0.219 e. The molecule has 3 N–H and O–H groups in total. The van der Waals surface area contributed by atoms with Crippen molar-refractivity contribution in [2.45, 2.75) is 38.4 Å². The van der Waals surface area contributed by atoms with Crippen molar-refractivity contribution >= 4 is 28.4 Å². The summed E-state index contributed by atoms with van der Waals surface area (Å²) in [5.74, 6) is -0.286. The Kier molecular flexibility index (Phi) is 3.68. The van der Waals surface area contributed by atoms with E-state index >= 15 is 0 Å². The summed E-state index contributed by atoms with van der Waals surface area (Å²) < 4.78 is 2.07. The molecule has 0 aliphatic heterocycles. The van der Waals surface area contributed by atoms with Gasteiger partial charge in [0.05, 0.1) is 0 Å². The van der Waals surface area contributed by atoms with Gasteiger partial charge in [0.2, 0.25) is 5.91 Å². The molecule has 0 bridgehead atoms. The summed E-state index contributed by atoms with van der Waals surface area (Å²) in [6.07, 6.45) is 4.98. The zero-order valence-electron chi connectivity index (χ0n) is 11.2. The van der Waals surface area contributed by atoms with Gasteiger partial charge in [0.25, 0.3) is 0 Å². The third-order valence-electron chi connectivity index (χ3n) is 3.68. The van der Waals surface area contributed by atoms with Gasteiger partial charge in [0.1, 0.15) is 0 Å². The van der Waals surface area contributed by atoms with Gasteiger partial charge < -0.3 is 15.6 Å². The standard InChI is InChI=1S/C15H18ClN3O/c16-11-1-4-13-10(8-18-12-2-3-12)9-19(14(13)7-11)6-5-15(17)20/h1,4,7,9,12,18H,2-3,5-6,8H2,(H2,17,20). The lowest BCUT2D eigenvalue weighted by molar-refractivity contribution is -0.118. The molecular weight excluding hydrogens is 274 g/mol. The number of aryl methyl sites for hydroxylation is 1. The maximum atomic E-state index is 11.0. The Labute approximate surface area is 122 Å². The van der Waals surface area contributed by atoms with E-state index in [1.807, 2.05) is 18.2 Å². The molecule has 4 nitrogen and oxygen atoms in total. The lowest BCUT2D eigenvalue weighted by Gasteiger charge is -2.03. The van der Waals surface area contributed by atoms with Gasteiger partial charge in [-0.3, -0.25) is 4.79 Å². The maximum absolute atomic E-state index is 11.0. The Bertz CT molecular complexity index is 646. The predicted molar refractivity (Wildman–Crippen MR) is 80.6 cm³/mol. The summed E-state index contributed by atoms with van der Waals surface area (Å²) in [6, 6.07) is 6.57. The number of benzene rings is 1. The zero-order valence-corrected chi connectivity index (χ0v) is 12.0. The number of nitrogens with zero attached hydrogens (tertiary/aromatic N) is 1. The molecule has 3 rings (SSSR count). The van der Waals surface area contributed by atoms with Crippen LogP contribution in [0.4, 0.5) is 0 Å². The van der Waals surface area contributed by atoms with E-state index in [4.69, 9.17) is 17.3 Å². The number of fused-ring (bicyclic) bond motifs is 1. The van der Waals surface area contributed by atoms with Crippen LogP contribution in [0, 0.1) is 0 Å². The summed E-state index contributed by atoms with van der Waals surface area (Å²) in [5.41, 5.74) is 7.54. The molecule has 1 aliphatic rings. The molecule has 2 aromatic rings. The Balaban J connectivity index is 1.90. The second-order valence-electron chi connectivity index (χ2n) is 5.38. The van der Waals surface area contributed by atoms with Crippen molar-refractivity contribution in [3.8, 4) is 0 Å². The predicted octanol–water partition coefficient (Wildman–Crippen LogP) is 2.42. The van der Waals surface area contributed by atoms with E-state index < -0.39 is 0 Å². The van der Waals surface area contributed by atoms with Gasteiger partial charge >= 0.3 is 0 Å². The Hall–Kier alpha value is -1.52. The fraction of sp³-hybridized carbons (Fsp3) is 0.400. The molecule has 5 heteroatoms. The molecule has 1 amide bonds. The largest absolute Gasteiger partial charge is 0.370 e. The summed E-state index contributed by atoms with van der Waals surface area (Å²) in [7, 11) is 0. The number of nitrogens with one attached hydrogen (secondary N) is 1. The highest BCUT2D eigenvalue weighted by molar-refractivity contribution is 6.31. The minimum atomic E-state index is -0.286. The van der Waals surface area contributed by atoms with Gasteiger partial charge in [-0.25, -0.2) is 0 Å². The van der Waals surface area contributed by atoms with Crippen molar-refractivity contribution in [1.29, 1.82) is 0 Å². The van der Waals surface area contributed by atoms with Crippen LogP contribution in [0.1, 0.15) is 24.8 Å². The Morgan fingerprint density at radius 2 is 2.25 bits per heavy atom. The van der Waals surface area contributed by atoms with E-state index in [0.717, 1.165) is 12.1 Å². The van der Waals surface area contributed by atoms with Crippen LogP contribution in [-0.4, -0.2) is 16.5 Å². The molecule has 1 saturated carbocycles. The van der Waals surface area contributed by atoms with Crippen LogP contribution in [-0.2, 0) is 17.9 Å². The van der Waals surface area contributed by atoms with E-state index in [0.29, 0.717) is 24.0 Å². The number of carbonyl (C=O) groups is 1. The maximum Gasteiger partial charge on any atom is 0.219 e. The van der Waals surface area contributed by atoms with E-state index in [9.17, 15) is 4.79 Å². The van der Waals surface area contributed by atoms with Crippen LogP contribution in [0.2, 0.25) is 5.02 Å². The highest BCUT2D eigenvalue weighted by atomic mass is 35.5. The van der Waals surface area contributed by atoms with E-state index in [-0.39, 0.29) is 5.91 Å². The molecule has 0 spiro atoms. The molecule has 106 valence electrons. The van der Waals surface area contributed by atoms with Crippen LogP contribution >= 0.6 is 11.6 Å². The number of hydrogen-bond donors (Lipinski definition) is 2. The molecule has 1 aliphatic carbocycles. The first-order valence-electron chi connectivity index (χ1n) is 6.92. The SMILES string of the molecule is NC(=O)CCn1cc(CNC2CC2)c2ccc(Cl)cc21. The minimum Gasteiger partial charge on any atom is -0.370 e. The van der Waals surface area contributed by atoms with Crippen molar-refractivity contribution in [3.63, 3.8) is 0 Å². The number of hydrogen-bond acceptors (Lipinski definition) is 2. The lowest BCUT2D eigenvalue weighted by atomic mass is 10.2. The Morgan fingerprint density at radius 1 is 1.45 bits per heavy atom. The van der Waals surface area contributed by atoms with Gasteiger partial charge in [-0.1, -0.05) is 17.7 Å². The van der Waals surface area contributed by atoms with Gasteiger partial charge in [-0.05, 0) is 30.5 Å². The summed E-state index contributed by atoms with van der Waals surface area (Å²) in [6.45, 7) is 1.45. The number of halogens is 1. The molecule has 1 aromatic carbocycles. The third-order valence-corrected chi connectivity index (χ3v) is 3.92. The van der Waals surface area contributed by atoms with E-state index in [1.165, 1.54) is 23.8 Å². The highest BCUT2D eigenvalue weighted by Crippen LogP contribution is 2.26. The average Bonchev–Trinajstić information content (AvgIpc) is 3.17. The second kappa shape index (κ2) is 5.46. The average molecular weight is 292 g/mol. The molecule has 0 radical (unpaired) electrons. The van der Waals surface area contributed by atoms with Crippen molar-refractivity contribution in [3.05, 3.63) is 35.0 Å². The summed E-state index contributed by atoms with van der Waals surface area (Å²) in [5, 5.41) is 5.41. The van der Waals surface area contributed by atoms with Crippen LogP contribution < -0.4 is 11.1 Å². The topological polar surface area (TPSA) is 60.1 Å². The summed E-state index contributed by atoms with van der Waals surface area (Å²) in [4.78, 5) is 11.0. The van der Waals surface area contributed by atoms with E-state index in [2.05, 4.69) is 16.1 Å². The fourth-order valence-electron chi connectivity index (χ4n) is 2.44. The molecular formula is C15H18ClN3O.